The van der Waals surface area contributed by atoms with Crippen LogP contribution < -0.4 is 14.8 Å². The molecule has 3 rings (SSSR count). The average molecular weight is 536 g/mol. The minimum Gasteiger partial charge on any atom is -0.482 e. The number of likely N-dealkylation sites (N-methyl/N-ethyl adjacent to an activating group) is 1. The summed E-state index contributed by atoms with van der Waals surface area (Å²) in [6.45, 7) is 4.08. The number of ether oxygens (including phenoxy) is 2. The standard InChI is InChI=1S/C24H26FN3O8S/c1-5-28(6-2)20(29)13-34-19-11-16-18(12-17(19)27(3)37(4,32)33)35-22(14-7-9-15(25)10-8-14)21(16)23(30)36-24(26)31/h7-12H,5-6,13H2,1-4H3,(H2,26,31). The summed E-state index contributed by atoms with van der Waals surface area (Å²) in [5.74, 6) is -2.16. The first-order valence-electron chi connectivity index (χ1n) is 11.1. The molecule has 0 saturated heterocycles. The molecule has 1 aromatic heterocycles. The lowest BCUT2D eigenvalue weighted by Crippen LogP contribution is -2.34. The van der Waals surface area contributed by atoms with E-state index in [4.69, 9.17) is 14.9 Å². The fourth-order valence-electron chi connectivity index (χ4n) is 3.61. The number of esters is 1. The molecule has 0 unspecified atom stereocenters. The van der Waals surface area contributed by atoms with Crippen LogP contribution in [0.2, 0.25) is 0 Å². The number of nitrogens with zero attached hydrogens (tertiary/aromatic N) is 2. The second kappa shape index (κ2) is 10.9. The van der Waals surface area contributed by atoms with E-state index < -0.39 is 34.5 Å². The summed E-state index contributed by atoms with van der Waals surface area (Å²) in [6, 6.07) is 7.58. The van der Waals surface area contributed by atoms with Gasteiger partial charge in [0.05, 0.1) is 11.9 Å². The van der Waals surface area contributed by atoms with Gasteiger partial charge in [-0.2, -0.15) is 0 Å². The Labute approximate surface area is 212 Å². The summed E-state index contributed by atoms with van der Waals surface area (Å²) in [7, 11) is -2.50. The number of carbonyl (C=O) groups excluding carboxylic acids is 3. The highest BCUT2D eigenvalue weighted by molar-refractivity contribution is 7.92. The van der Waals surface area contributed by atoms with E-state index in [0.717, 1.165) is 22.7 Å². The topological polar surface area (TPSA) is 149 Å². The van der Waals surface area contributed by atoms with E-state index in [1.165, 1.54) is 36.2 Å². The molecule has 0 aliphatic carbocycles. The third-order valence-corrected chi connectivity index (χ3v) is 6.77. The molecule has 2 amide bonds. The minimum atomic E-state index is -3.78. The number of benzene rings is 2. The van der Waals surface area contributed by atoms with Crippen molar-refractivity contribution in [3.8, 4) is 17.1 Å². The molecule has 0 fully saturated rings. The number of primary amides is 1. The number of nitrogens with two attached hydrogens (primary N) is 1. The Kier molecular flexibility index (Phi) is 8.06. The van der Waals surface area contributed by atoms with Crippen molar-refractivity contribution >= 4 is 44.6 Å². The molecule has 0 radical (unpaired) electrons. The lowest BCUT2D eigenvalue weighted by molar-refractivity contribution is -0.132. The number of carbonyl (C=O) groups is 3. The summed E-state index contributed by atoms with van der Waals surface area (Å²) in [6.07, 6.45) is -0.386. The predicted molar refractivity (Wildman–Crippen MR) is 133 cm³/mol. The van der Waals surface area contributed by atoms with Crippen molar-refractivity contribution in [2.24, 2.45) is 5.73 Å². The molecule has 2 N–H and O–H groups in total. The van der Waals surface area contributed by atoms with Gasteiger partial charge < -0.3 is 24.5 Å². The SMILES string of the molecule is CCN(CC)C(=O)COc1cc2c(C(=O)OC(N)=O)c(-c3ccc(F)cc3)oc2cc1N(C)S(C)(=O)=O. The maximum absolute atomic E-state index is 13.5. The van der Waals surface area contributed by atoms with Crippen LogP contribution in [0.25, 0.3) is 22.3 Å². The molecule has 0 atom stereocenters. The lowest BCUT2D eigenvalue weighted by atomic mass is 10.0. The molecular weight excluding hydrogens is 509 g/mol. The number of hydrogen-bond acceptors (Lipinski definition) is 8. The Balaban J connectivity index is 2.25. The number of hydrogen-bond donors (Lipinski definition) is 1. The van der Waals surface area contributed by atoms with Crippen LogP contribution in [0.5, 0.6) is 5.75 Å². The van der Waals surface area contributed by atoms with Crippen LogP contribution in [-0.4, -0.2) is 64.3 Å². The Morgan fingerprint density at radius 2 is 1.70 bits per heavy atom. The van der Waals surface area contributed by atoms with E-state index in [2.05, 4.69) is 4.74 Å². The number of amides is 2. The third-order valence-electron chi connectivity index (χ3n) is 5.58. The van der Waals surface area contributed by atoms with Crippen molar-refractivity contribution in [1.29, 1.82) is 0 Å². The van der Waals surface area contributed by atoms with Gasteiger partial charge in [0.25, 0.3) is 5.91 Å². The molecule has 0 bridgehead atoms. The predicted octanol–water partition coefficient (Wildman–Crippen LogP) is 3.12. The molecule has 3 aromatic rings. The van der Waals surface area contributed by atoms with Gasteiger partial charge in [-0.25, -0.2) is 22.4 Å². The molecular formula is C24H26FN3O8S. The number of halogens is 1. The molecule has 1 heterocycles. The van der Waals surface area contributed by atoms with Gasteiger partial charge in [-0.15, -0.1) is 0 Å². The van der Waals surface area contributed by atoms with Crippen LogP contribution >= 0.6 is 0 Å². The van der Waals surface area contributed by atoms with Crippen molar-refractivity contribution in [3.63, 3.8) is 0 Å². The number of sulfonamides is 1. The van der Waals surface area contributed by atoms with Gasteiger partial charge in [0.1, 0.15) is 28.5 Å². The Hall–Kier alpha value is -4.13. The van der Waals surface area contributed by atoms with Crippen LogP contribution in [0.4, 0.5) is 14.9 Å². The van der Waals surface area contributed by atoms with Gasteiger partial charge in [-0.05, 0) is 44.2 Å². The number of rotatable bonds is 9. The highest BCUT2D eigenvalue weighted by Crippen LogP contribution is 2.41. The molecule has 0 saturated carbocycles. The average Bonchev–Trinajstić information content (AvgIpc) is 3.20. The fourth-order valence-corrected chi connectivity index (χ4v) is 4.11. The van der Waals surface area contributed by atoms with Crippen LogP contribution in [-0.2, 0) is 19.6 Å². The highest BCUT2D eigenvalue weighted by atomic mass is 32.2. The first kappa shape index (κ1) is 27.5. The number of anilines is 1. The van der Waals surface area contributed by atoms with Crippen LogP contribution in [0, 0.1) is 5.82 Å². The molecule has 0 aliphatic heterocycles. The number of furan rings is 1. The van der Waals surface area contributed by atoms with E-state index in [-0.39, 0.29) is 45.2 Å². The van der Waals surface area contributed by atoms with Crippen molar-refractivity contribution in [3.05, 3.63) is 47.8 Å². The summed E-state index contributed by atoms with van der Waals surface area (Å²) < 4.78 is 55.2. The largest absolute Gasteiger partial charge is 0.482 e. The van der Waals surface area contributed by atoms with Crippen molar-refractivity contribution in [2.45, 2.75) is 13.8 Å². The zero-order chi connectivity index (χ0) is 27.5. The van der Waals surface area contributed by atoms with E-state index in [1.807, 2.05) is 0 Å². The molecule has 11 nitrogen and oxygen atoms in total. The summed E-state index contributed by atoms with van der Waals surface area (Å²) in [4.78, 5) is 38.2. The van der Waals surface area contributed by atoms with Gasteiger partial charge >= 0.3 is 12.1 Å². The lowest BCUT2D eigenvalue weighted by Gasteiger charge is -2.22. The fraction of sp³-hybridized carbons (Fsp3) is 0.292. The van der Waals surface area contributed by atoms with E-state index >= 15 is 0 Å². The van der Waals surface area contributed by atoms with E-state index in [1.54, 1.807) is 13.8 Å². The Morgan fingerprint density at radius 1 is 1.08 bits per heavy atom. The first-order valence-corrected chi connectivity index (χ1v) is 12.9. The Bertz CT molecular complexity index is 1450. The van der Waals surface area contributed by atoms with Gasteiger partial charge in [-0.1, -0.05) is 0 Å². The zero-order valence-corrected chi connectivity index (χ0v) is 21.4. The summed E-state index contributed by atoms with van der Waals surface area (Å²) in [5, 5.41) is 0.0847. The summed E-state index contributed by atoms with van der Waals surface area (Å²) >= 11 is 0. The maximum Gasteiger partial charge on any atom is 0.412 e. The van der Waals surface area contributed by atoms with Gasteiger partial charge in [0.2, 0.25) is 10.0 Å². The minimum absolute atomic E-state index is 0.0246. The molecule has 13 heteroatoms. The smallest absolute Gasteiger partial charge is 0.412 e. The second-order valence-electron chi connectivity index (χ2n) is 7.92. The monoisotopic (exact) mass is 535 g/mol. The van der Waals surface area contributed by atoms with Gasteiger partial charge in [-0.3, -0.25) is 9.10 Å². The number of fused-ring (bicyclic) bond motifs is 1. The third kappa shape index (κ3) is 6.00. The van der Waals surface area contributed by atoms with Gasteiger partial charge in [0.15, 0.2) is 6.61 Å². The molecule has 37 heavy (non-hydrogen) atoms. The first-order chi connectivity index (χ1) is 17.4. The van der Waals surface area contributed by atoms with Crippen LogP contribution in [0.3, 0.4) is 0 Å². The molecule has 2 aromatic carbocycles. The molecule has 198 valence electrons. The van der Waals surface area contributed by atoms with Crippen LogP contribution in [0.15, 0.2) is 40.8 Å². The molecule has 0 spiro atoms. The normalized spacial score (nSPS) is 11.3. The van der Waals surface area contributed by atoms with Crippen molar-refractivity contribution in [1.82, 2.24) is 4.90 Å². The molecule has 0 aliphatic rings. The van der Waals surface area contributed by atoms with Crippen molar-refractivity contribution in [2.75, 3.05) is 37.3 Å². The Morgan fingerprint density at radius 3 is 2.24 bits per heavy atom. The highest BCUT2D eigenvalue weighted by Gasteiger charge is 2.28. The van der Waals surface area contributed by atoms with Crippen LogP contribution in [0.1, 0.15) is 24.2 Å². The van der Waals surface area contributed by atoms with E-state index in [9.17, 15) is 27.2 Å². The maximum atomic E-state index is 13.5. The van der Waals surface area contributed by atoms with E-state index in [0.29, 0.717) is 13.1 Å². The second-order valence-corrected chi connectivity index (χ2v) is 9.94. The summed E-state index contributed by atoms with van der Waals surface area (Å²) in [5.41, 5.74) is 5.12. The quantitative estimate of drug-likeness (QED) is 0.324. The zero-order valence-electron chi connectivity index (χ0n) is 20.6. The van der Waals surface area contributed by atoms with Crippen molar-refractivity contribution < 1.29 is 41.1 Å². The van der Waals surface area contributed by atoms with Gasteiger partial charge in [0, 0.05) is 37.2 Å².